The fraction of sp³-hybridized carbons (Fsp3) is 0.385. The zero-order valence-electron chi connectivity index (χ0n) is 9.83. The molecule has 5 heteroatoms. The lowest BCUT2D eigenvalue weighted by atomic mass is 10.3. The first-order valence-corrected chi connectivity index (χ1v) is 6.92. The molecule has 1 aromatic carbocycles. The van der Waals surface area contributed by atoms with Gasteiger partial charge in [-0.25, -0.2) is 0 Å². The van der Waals surface area contributed by atoms with Gasteiger partial charge in [0.05, 0.1) is 5.25 Å². The highest BCUT2D eigenvalue weighted by Crippen LogP contribution is 2.38. The molecule has 1 heterocycles. The number of hydrogen-bond acceptors (Lipinski definition) is 4. The van der Waals surface area contributed by atoms with Crippen molar-refractivity contribution in [1.82, 2.24) is 4.90 Å². The molecule has 2 aliphatic rings. The van der Waals surface area contributed by atoms with Gasteiger partial charge in [-0.3, -0.25) is 14.5 Å². The maximum atomic E-state index is 12.2. The van der Waals surface area contributed by atoms with Crippen molar-refractivity contribution in [3.63, 3.8) is 0 Å². The second-order valence-electron chi connectivity index (χ2n) is 4.68. The molecule has 2 fully saturated rings. The standard InChI is InChI=1S/C13H14N2O2S/c14-9-3-1-2-4-10(9)18-11-7-12(16)15(13(11)17)8-5-6-8/h1-4,8,11H,5-7,14H2. The van der Waals surface area contributed by atoms with Crippen LogP contribution in [0.25, 0.3) is 0 Å². The molecule has 1 aromatic rings. The van der Waals surface area contributed by atoms with Crippen LogP contribution in [0, 0.1) is 0 Å². The first-order chi connectivity index (χ1) is 8.66. The van der Waals surface area contributed by atoms with Gasteiger partial charge in [0.25, 0.3) is 0 Å². The van der Waals surface area contributed by atoms with Crippen molar-refractivity contribution in [1.29, 1.82) is 0 Å². The van der Waals surface area contributed by atoms with Gasteiger partial charge < -0.3 is 5.73 Å². The molecule has 1 unspecified atom stereocenters. The fourth-order valence-corrected chi connectivity index (χ4v) is 3.28. The van der Waals surface area contributed by atoms with Gasteiger partial charge in [-0.05, 0) is 25.0 Å². The fourth-order valence-electron chi connectivity index (χ4n) is 2.17. The van der Waals surface area contributed by atoms with Crippen molar-refractivity contribution in [3.8, 4) is 0 Å². The van der Waals surface area contributed by atoms with E-state index in [9.17, 15) is 9.59 Å². The molecule has 4 nitrogen and oxygen atoms in total. The third kappa shape index (κ3) is 1.99. The normalized spacial score (nSPS) is 23.8. The molecule has 0 spiro atoms. The number of amides is 2. The molecule has 0 bridgehead atoms. The predicted octanol–water partition coefficient (Wildman–Crippen LogP) is 1.65. The van der Waals surface area contributed by atoms with E-state index in [1.54, 1.807) is 0 Å². The highest BCUT2D eigenvalue weighted by atomic mass is 32.2. The highest BCUT2D eigenvalue weighted by Gasteiger charge is 2.46. The Hall–Kier alpha value is -1.49. The van der Waals surface area contributed by atoms with Crippen LogP contribution in [0.3, 0.4) is 0 Å². The molecule has 1 saturated carbocycles. The lowest BCUT2D eigenvalue weighted by molar-refractivity contribution is -0.138. The molecular formula is C13H14N2O2S. The highest BCUT2D eigenvalue weighted by molar-refractivity contribution is 8.00. The number of nitrogens with zero attached hydrogens (tertiary/aromatic N) is 1. The van der Waals surface area contributed by atoms with Crippen molar-refractivity contribution >= 4 is 29.3 Å². The van der Waals surface area contributed by atoms with Crippen LogP contribution in [0.4, 0.5) is 5.69 Å². The van der Waals surface area contributed by atoms with Crippen LogP contribution in [0.15, 0.2) is 29.2 Å². The lowest BCUT2D eigenvalue weighted by Crippen LogP contribution is -2.33. The number of likely N-dealkylation sites (tertiary alicyclic amines) is 1. The Morgan fingerprint density at radius 1 is 1.22 bits per heavy atom. The summed E-state index contributed by atoms with van der Waals surface area (Å²) in [5, 5.41) is -0.303. The van der Waals surface area contributed by atoms with E-state index in [1.165, 1.54) is 16.7 Å². The Kier molecular flexibility index (Phi) is 2.78. The van der Waals surface area contributed by atoms with Gasteiger partial charge in [0, 0.05) is 23.0 Å². The minimum atomic E-state index is -0.303. The van der Waals surface area contributed by atoms with Crippen molar-refractivity contribution in [2.24, 2.45) is 0 Å². The number of carbonyl (C=O) groups excluding carboxylic acids is 2. The molecule has 0 radical (unpaired) electrons. The SMILES string of the molecule is Nc1ccccc1SC1CC(=O)N(C2CC2)C1=O. The minimum Gasteiger partial charge on any atom is -0.398 e. The number of carbonyl (C=O) groups is 2. The zero-order valence-corrected chi connectivity index (χ0v) is 10.7. The monoisotopic (exact) mass is 262 g/mol. The van der Waals surface area contributed by atoms with Gasteiger partial charge >= 0.3 is 0 Å². The summed E-state index contributed by atoms with van der Waals surface area (Å²) >= 11 is 1.40. The summed E-state index contributed by atoms with van der Waals surface area (Å²) in [6, 6.07) is 7.61. The summed E-state index contributed by atoms with van der Waals surface area (Å²) in [5.41, 5.74) is 6.51. The van der Waals surface area contributed by atoms with E-state index in [1.807, 2.05) is 24.3 Å². The van der Waals surface area contributed by atoms with Crippen LogP contribution >= 0.6 is 11.8 Å². The molecule has 0 aromatic heterocycles. The summed E-state index contributed by atoms with van der Waals surface area (Å²) in [4.78, 5) is 26.3. The van der Waals surface area contributed by atoms with E-state index >= 15 is 0 Å². The van der Waals surface area contributed by atoms with E-state index in [0.717, 1.165) is 17.7 Å². The second-order valence-corrected chi connectivity index (χ2v) is 5.93. The summed E-state index contributed by atoms with van der Waals surface area (Å²) in [7, 11) is 0. The van der Waals surface area contributed by atoms with Crippen molar-refractivity contribution in [2.75, 3.05) is 5.73 Å². The van der Waals surface area contributed by atoms with Crippen LogP contribution in [0.2, 0.25) is 0 Å². The minimum absolute atomic E-state index is 0.0329. The van der Waals surface area contributed by atoms with E-state index in [-0.39, 0.29) is 23.1 Å². The number of para-hydroxylation sites is 1. The number of imide groups is 1. The van der Waals surface area contributed by atoms with Crippen molar-refractivity contribution in [3.05, 3.63) is 24.3 Å². The number of rotatable bonds is 3. The van der Waals surface area contributed by atoms with Crippen LogP contribution in [-0.4, -0.2) is 28.0 Å². The summed E-state index contributed by atoms with van der Waals surface area (Å²) in [5.74, 6) is -0.0785. The van der Waals surface area contributed by atoms with E-state index in [0.29, 0.717) is 12.1 Å². The first kappa shape index (κ1) is 11.6. The van der Waals surface area contributed by atoms with E-state index in [4.69, 9.17) is 5.73 Å². The molecule has 2 N–H and O–H groups in total. The second kappa shape index (κ2) is 4.31. The molecule has 1 aliphatic heterocycles. The number of nitrogen functional groups attached to an aromatic ring is 1. The topological polar surface area (TPSA) is 63.4 Å². The summed E-state index contributed by atoms with van der Waals surface area (Å²) in [6.07, 6.45) is 2.22. The average molecular weight is 262 g/mol. The van der Waals surface area contributed by atoms with E-state index < -0.39 is 0 Å². The van der Waals surface area contributed by atoms with Gasteiger partial charge in [-0.2, -0.15) is 0 Å². The number of hydrogen-bond donors (Lipinski definition) is 1. The first-order valence-electron chi connectivity index (χ1n) is 6.04. The number of anilines is 1. The van der Waals surface area contributed by atoms with E-state index in [2.05, 4.69) is 0 Å². The van der Waals surface area contributed by atoms with Crippen LogP contribution in [-0.2, 0) is 9.59 Å². The molecule has 94 valence electrons. The maximum Gasteiger partial charge on any atom is 0.243 e. The lowest BCUT2D eigenvalue weighted by Gasteiger charge is -2.13. The Balaban J connectivity index is 1.76. The summed E-state index contributed by atoms with van der Waals surface area (Å²) < 4.78 is 0. The van der Waals surface area contributed by atoms with Gasteiger partial charge in [-0.1, -0.05) is 12.1 Å². The molecule has 1 atom stereocenters. The average Bonchev–Trinajstić information content (AvgIpc) is 3.11. The largest absolute Gasteiger partial charge is 0.398 e. The Morgan fingerprint density at radius 3 is 2.61 bits per heavy atom. The van der Waals surface area contributed by atoms with Crippen LogP contribution in [0.5, 0.6) is 0 Å². The third-order valence-corrected chi connectivity index (χ3v) is 4.52. The van der Waals surface area contributed by atoms with Gasteiger partial charge in [0.2, 0.25) is 11.8 Å². The maximum absolute atomic E-state index is 12.2. The Labute approximate surface area is 110 Å². The third-order valence-electron chi connectivity index (χ3n) is 3.24. The predicted molar refractivity (Wildman–Crippen MR) is 70.0 cm³/mol. The number of benzene rings is 1. The zero-order chi connectivity index (χ0) is 12.7. The van der Waals surface area contributed by atoms with Gasteiger partial charge in [-0.15, -0.1) is 11.8 Å². The molecule has 18 heavy (non-hydrogen) atoms. The molecule has 1 aliphatic carbocycles. The Bertz CT molecular complexity index is 513. The number of nitrogens with two attached hydrogens (primary N) is 1. The smallest absolute Gasteiger partial charge is 0.243 e. The van der Waals surface area contributed by atoms with Crippen molar-refractivity contribution < 1.29 is 9.59 Å². The molecule has 1 saturated heterocycles. The number of thioether (sulfide) groups is 1. The van der Waals surface area contributed by atoms with Gasteiger partial charge in [0.15, 0.2) is 0 Å². The van der Waals surface area contributed by atoms with Gasteiger partial charge in [0.1, 0.15) is 0 Å². The van der Waals surface area contributed by atoms with Crippen LogP contribution < -0.4 is 5.73 Å². The Morgan fingerprint density at radius 2 is 1.94 bits per heavy atom. The summed E-state index contributed by atoms with van der Waals surface area (Å²) in [6.45, 7) is 0. The molecule has 2 amide bonds. The van der Waals surface area contributed by atoms with Crippen LogP contribution in [0.1, 0.15) is 19.3 Å². The molecule has 3 rings (SSSR count). The molecular weight excluding hydrogens is 248 g/mol. The van der Waals surface area contributed by atoms with Crippen molar-refractivity contribution in [2.45, 2.75) is 35.4 Å². The quantitative estimate of drug-likeness (QED) is 0.664.